The molecule has 1 aliphatic heterocycles. The third-order valence-corrected chi connectivity index (χ3v) is 5.53. The number of ether oxygens (including phenoxy) is 2. The second kappa shape index (κ2) is 3.25. The Kier molecular flexibility index (Phi) is 2.20. The van der Waals surface area contributed by atoms with E-state index in [0.717, 1.165) is 12.3 Å². The minimum Gasteiger partial charge on any atom is -0.464 e. The van der Waals surface area contributed by atoms with E-state index in [2.05, 4.69) is 20.8 Å². The summed E-state index contributed by atoms with van der Waals surface area (Å²) < 4.78 is 10.9. The van der Waals surface area contributed by atoms with Crippen molar-refractivity contribution in [3.05, 3.63) is 0 Å². The predicted molar refractivity (Wildman–Crippen MR) is 63.4 cm³/mol. The van der Waals surface area contributed by atoms with E-state index in [4.69, 9.17) is 9.47 Å². The molecule has 5 atom stereocenters. The molecule has 0 radical (unpaired) electrons. The number of hydrogen-bond acceptors (Lipinski definition) is 3. The predicted octanol–water partition coefficient (Wildman–Crippen LogP) is 2.39. The van der Waals surface area contributed by atoms with Gasteiger partial charge in [0.2, 0.25) is 0 Å². The second-order valence-electron chi connectivity index (χ2n) is 6.37. The van der Waals surface area contributed by atoms with Crippen molar-refractivity contribution in [3.63, 3.8) is 0 Å². The number of carbonyl (C=O) groups is 1. The topological polar surface area (TPSA) is 38.8 Å². The van der Waals surface area contributed by atoms with Crippen LogP contribution in [0.4, 0.5) is 0 Å². The molecule has 5 unspecified atom stereocenters. The van der Waals surface area contributed by atoms with Crippen LogP contribution in [-0.2, 0) is 14.3 Å². The Bertz CT molecular complexity index is 364. The molecule has 3 nitrogen and oxygen atoms in total. The lowest BCUT2D eigenvalue weighted by Crippen LogP contribution is -2.28. The van der Waals surface area contributed by atoms with Crippen LogP contribution >= 0.6 is 0 Å². The van der Waals surface area contributed by atoms with Crippen LogP contribution in [0.5, 0.6) is 0 Å². The van der Waals surface area contributed by atoms with E-state index in [-0.39, 0.29) is 17.7 Å². The fourth-order valence-corrected chi connectivity index (χ4v) is 4.24. The number of rotatable bonds is 3. The molecule has 3 fully saturated rings. The molecule has 3 heteroatoms. The Morgan fingerprint density at radius 2 is 2.24 bits per heavy atom. The minimum atomic E-state index is -0.277. The summed E-state index contributed by atoms with van der Waals surface area (Å²) in [5, 5.41) is 0. The largest absolute Gasteiger partial charge is 0.464 e. The Morgan fingerprint density at radius 1 is 1.53 bits per heavy atom. The monoisotopic (exact) mass is 238 g/mol. The van der Waals surface area contributed by atoms with Gasteiger partial charge in [-0.05, 0) is 42.9 Å². The number of carbonyl (C=O) groups excluding carboxylic acids is 1. The number of esters is 1. The Hall–Kier alpha value is -0.570. The zero-order chi connectivity index (χ0) is 12.4. The number of fused-ring (bicyclic) bond motifs is 1. The summed E-state index contributed by atoms with van der Waals surface area (Å²) in [6, 6.07) is 0. The number of hydrogen-bond donors (Lipinski definition) is 0. The molecule has 0 aromatic carbocycles. The first-order valence-corrected chi connectivity index (χ1v) is 6.82. The molecule has 3 rings (SSSR count). The summed E-state index contributed by atoms with van der Waals surface area (Å²) in [6.07, 6.45) is 2.11. The molecule has 2 aliphatic carbocycles. The first-order chi connectivity index (χ1) is 7.98. The van der Waals surface area contributed by atoms with Crippen molar-refractivity contribution >= 4 is 5.97 Å². The average molecular weight is 238 g/mol. The smallest absolute Gasteiger partial charge is 0.338 e. The number of epoxide rings is 1. The van der Waals surface area contributed by atoms with Gasteiger partial charge in [0, 0.05) is 0 Å². The van der Waals surface area contributed by atoms with Crippen molar-refractivity contribution in [2.45, 2.75) is 52.2 Å². The van der Waals surface area contributed by atoms with Gasteiger partial charge >= 0.3 is 5.97 Å². The van der Waals surface area contributed by atoms with Crippen LogP contribution in [-0.4, -0.2) is 24.3 Å². The third-order valence-electron chi connectivity index (χ3n) is 5.53. The quantitative estimate of drug-likeness (QED) is 0.560. The second-order valence-corrected chi connectivity index (χ2v) is 6.37. The van der Waals surface area contributed by atoms with Crippen LogP contribution < -0.4 is 0 Å². The Morgan fingerprint density at radius 3 is 2.76 bits per heavy atom. The first-order valence-electron chi connectivity index (χ1n) is 6.82. The van der Waals surface area contributed by atoms with Gasteiger partial charge in [0.15, 0.2) is 6.10 Å². The zero-order valence-electron chi connectivity index (χ0n) is 11.2. The molecule has 0 aromatic heterocycles. The van der Waals surface area contributed by atoms with E-state index in [1.165, 1.54) is 6.42 Å². The maximum Gasteiger partial charge on any atom is 0.338 e. The van der Waals surface area contributed by atoms with Gasteiger partial charge in [0.05, 0.1) is 6.61 Å². The van der Waals surface area contributed by atoms with Gasteiger partial charge in [-0.15, -0.1) is 0 Å². The van der Waals surface area contributed by atoms with Crippen molar-refractivity contribution < 1.29 is 14.3 Å². The lowest BCUT2D eigenvalue weighted by molar-refractivity contribution is -0.144. The van der Waals surface area contributed by atoms with E-state index < -0.39 is 0 Å². The molecule has 0 N–H and O–H groups in total. The fraction of sp³-hybridized carbons (Fsp3) is 0.929. The van der Waals surface area contributed by atoms with Crippen molar-refractivity contribution in [1.29, 1.82) is 0 Å². The summed E-state index contributed by atoms with van der Waals surface area (Å²) in [5.41, 5.74) is 0.292. The van der Waals surface area contributed by atoms with Crippen molar-refractivity contribution in [2.24, 2.45) is 23.2 Å². The highest BCUT2D eigenvalue weighted by molar-refractivity contribution is 5.80. The standard InChI is InChI=1S/C14H22O3/c1-5-16-12(15)11-14(17-11)7-13(8(2)3)6-10(13)9(14)4/h8-11H,5-7H2,1-4H3. The summed E-state index contributed by atoms with van der Waals surface area (Å²) in [4.78, 5) is 11.8. The highest BCUT2D eigenvalue weighted by atomic mass is 16.7. The Labute approximate surface area is 103 Å². The molecular weight excluding hydrogens is 216 g/mol. The highest BCUT2D eigenvalue weighted by Crippen LogP contribution is 2.77. The van der Waals surface area contributed by atoms with E-state index in [1.807, 2.05) is 6.92 Å². The van der Waals surface area contributed by atoms with Crippen molar-refractivity contribution in [1.82, 2.24) is 0 Å². The molecule has 0 bridgehead atoms. The van der Waals surface area contributed by atoms with Gasteiger partial charge < -0.3 is 9.47 Å². The summed E-state index contributed by atoms with van der Waals surface area (Å²) >= 11 is 0. The fourth-order valence-electron chi connectivity index (χ4n) is 4.24. The van der Waals surface area contributed by atoms with Crippen LogP contribution in [0, 0.1) is 23.2 Å². The maximum atomic E-state index is 11.8. The minimum absolute atomic E-state index is 0.153. The van der Waals surface area contributed by atoms with Crippen molar-refractivity contribution in [2.75, 3.05) is 6.61 Å². The van der Waals surface area contributed by atoms with Crippen LogP contribution in [0.2, 0.25) is 0 Å². The maximum absolute atomic E-state index is 11.8. The Balaban J connectivity index is 1.74. The lowest BCUT2D eigenvalue weighted by atomic mass is 9.84. The van der Waals surface area contributed by atoms with E-state index in [0.29, 0.717) is 23.9 Å². The van der Waals surface area contributed by atoms with Crippen LogP contribution in [0.1, 0.15) is 40.5 Å². The lowest BCUT2D eigenvalue weighted by Gasteiger charge is -2.19. The molecule has 2 saturated carbocycles. The molecule has 0 amide bonds. The van der Waals surface area contributed by atoms with Crippen LogP contribution in [0.15, 0.2) is 0 Å². The van der Waals surface area contributed by atoms with Gasteiger partial charge in [-0.25, -0.2) is 4.79 Å². The first kappa shape index (κ1) is 11.5. The third kappa shape index (κ3) is 1.29. The molecule has 1 saturated heterocycles. The average Bonchev–Trinajstić information content (AvgIpc) is 3.12. The summed E-state index contributed by atoms with van der Waals surface area (Å²) in [5.74, 6) is 1.82. The molecule has 17 heavy (non-hydrogen) atoms. The van der Waals surface area contributed by atoms with Gasteiger partial charge in [-0.1, -0.05) is 20.8 Å². The van der Waals surface area contributed by atoms with E-state index in [1.54, 1.807) is 0 Å². The molecule has 3 aliphatic rings. The molecule has 0 aromatic rings. The van der Waals surface area contributed by atoms with Gasteiger partial charge in [0.1, 0.15) is 5.60 Å². The summed E-state index contributed by atoms with van der Waals surface area (Å²) in [6.45, 7) is 9.14. The molecule has 96 valence electrons. The van der Waals surface area contributed by atoms with Crippen molar-refractivity contribution in [3.8, 4) is 0 Å². The van der Waals surface area contributed by atoms with Gasteiger partial charge in [-0.3, -0.25) is 0 Å². The highest BCUT2D eigenvalue weighted by Gasteiger charge is 2.80. The van der Waals surface area contributed by atoms with E-state index >= 15 is 0 Å². The van der Waals surface area contributed by atoms with Crippen LogP contribution in [0.3, 0.4) is 0 Å². The van der Waals surface area contributed by atoms with Crippen LogP contribution in [0.25, 0.3) is 0 Å². The van der Waals surface area contributed by atoms with Gasteiger partial charge in [0.25, 0.3) is 0 Å². The van der Waals surface area contributed by atoms with Gasteiger partial charge in [-0.2, -0.15) is 0 Å². The normalized spacial score (nSPS) is 50.5. The molecular formula is C14H22O3. The summed E-state index contributed by atoms with van der Waals surface area (Å²) in [7, 11) is 0. The molecule has 1 spiro atoms. The molecule has 1 heterocycles. The van der Waals surface area contributed by atoms with E-state index in [9.17, 15) is 4.79 Å². The zero-order valence-corrected chi connectivity index (χ0v) is 11.2. The SMILES string of the molecule is CCOC(=O)C1OC12CC1(C(C)C)CC1C2C.